The van der Waals surface area contributed by atoms with E-state index in [-0.39, 0.29) is 28.6 Å². The number of epoxide rings is 1. The van der Waals surface area contributed by atoms with Gasteiger partial charge in [-0.1, -0.05) is 26.8 Å². The fourth-order valence-corrected chi connectivity index (χ4v) is 8.65. The van der Waals surface area contributed by atoms with Crippen molar-refractivity contribution in [3.05, 3.63) is 23.8 Å². The summed E-state index contributed by atoms with van der Waals surface area (Å²) >= 11 is 0. The van der Waals surface area contributed by atoms with Crippen molar-refractivity contribution in [2.24, 2.45) is 28.1 Å². The highest BCUT2D eigenvalue weighted by Crippen LogP contribution is 2.78. The average Bonchev–Trinajstić information content (AvgIpc) is 3.46. The topological polar surface area (TPSA) is 129 Å². The van der Waals surface area contributed by atoms with E-state index in [0.29, 0.717) is 25.7 Å². The molecule has 9 heteroatoms. The predicted octanol–water partition coefficient (Wildman–Crippen LogP) is 1.76. The fourth-order valence-electron chi connectivity index (χ4n) is 8.65. The molecule has 188 valence electrons. The third-order valence-electron chi connectivity index (χ3n) is 10.2. The van der Waals surface area contributed by atoms with Gasteiger partial charge in [0.25, 0.3) is 0 Å². The van der Waals surface area contributed by atoms with E-state index in [1.54, 1.807) is 6.08 Å². The van der Waals surface area contributed by atoms with Crippen LogP contribution in [-0.2, 0) is 38.1 Å². The molecule has 2 saturated heterocycles. The van der Waals surface area contributed by atoms with Crippen LogP contribution < -0.4 is 0 Å². The molecule has 0 aromatic carbocycles. The molecule has 0 aromatic rings. The summed E-state index contributed by atoms with van der Waals surface area (Å²) in [4.78, 5) is 50.3. The van der Waals surface area contributed by atoms with E-state index in [4.69, 9.17) is 18.9 Å². The molecule has 9 nitrogen and oxygen atoms in total. The Morgan fingerprint density at radius 3 is 2.54 bits per heavy atom. The van der Waals surface area contributed by atoms with Crippen molar-refractivity contribution >= 4 is 23.7 Å². The molecule has 1 N–H and O–H groups in total. The van der Waals surface area contributed by atoms with E-state index in [1.165, 1.54) is 13.0 Å². The highest BCUT2D eigenvalue weighted by atomic mass is 16.7. The van der Waals surface area contributed by atoms with Crippen molar-refractivity contribution in [1.82, 2.24) is 0 Å². The Labute approximate surface area is 202 Å². The maximum atomic E-state index is 13.2. The quantitative estimate of drug-likeness (QED) is 0.353. The molecule has 35 heavy (non-hydrogen) atoms. The van der Waals surface area contributed by atoms with Gasteiger partial charge in [-0.3, -0.25) is 9.59 Å². The van der Waals surface area contributed by atoms with Gasteiger partial charge in [-0.15, -0.1) is 0 Å². The zero-order chi connectivity index (χ0) is 25.1. The maximum absolute atomic E-state index is 13.2. The van der Waals surface area contributed by atoms with Gasteiger partial charge in [-0.05, 0) is 48.7 Å². The lowest BCUT2D eigenvalue weighted by Gasteiger charge is -2.67. The van der Waals surface area contributed by atoms with Crippen molar-refractivity contribution in [3.63, 3.8) is 0 Å². The molecule has 0 radical (unpaired) electrons. The van der Waals surface area contributed by atoms with Crippen LogP contribution in [0.5, 0.6) is 0 Å². The largest absolute Gasteiger partial charge is 0.462 e. The van der Waals surface area contributed by atoms with E-state index < -0.39 is 58.9 Å². The van der Waals surface area contributed by atoms with Crippen molar-refractivity contribution < 1.29 is 43.2 Å². The van der Waals surface area contributed by atoms with Gasteiger partial charge in [0, 0.05) is 24.2 Å². The number of ether oxygens (including phenoxy) is 4. The lowest BCUT2D eigenvalue weighted by atomic mass is 9.37. The second kappa shape index (κ2) is 6.82. The zero-order valence-corrected chi connectivity index (χ0v) is 20.2. The number of rotatable bonds is 2. The first kappa shape index (κ1) is 22.9. The number of ketones is 1. The first-order valence-electron chi connectivity index (χ1n) is 12.3. The number of carbonyl (C=O) groups is 4. The molecule has 3 heterocycles. The third kappa shape index (κ3) is 2.61. The van der Waals surface area contributed by atoms with Crippen molar-refractivity contribution in [3.8, 4) is 0 Å². The lowest BCUT2D eigenvalue weighted by Crippen LogP contribution is -2.73. The van der Waals surface area contributed by atoms with Gasteiger partial charge in [-0.2, -0.15) is 0 Å². The second-order valence-electron chi connectivity index (χ2n) is 11.7. The highest BCUT2D eigenvalue weighted by Gasteiger charge is 2.88. The fraction of sp³-hybridized carbons (Fsp3) is 0.692. The van der Waals surface area contributed by atoms with Crippen LogP contribution in [0, 0.1) is 28.1 Å². The Bertz CT molecular complexity index is 1120. The molecule has 3 aliphatic heterocycles. The zero-order valence-electron chi connectivity index (χ0n) is 20.2. The molecule has 10 atom stereocenters. The Morgan fingerprint density at radius 2 is 1.89 bits per heavy atom. The molecule has 10 unspecified atom stereocenters. The molecular formula is C26H30O9. The van der Waals surface area contributed by atoms with Crippen LogP contribution in [-0.4, -0.2) is 59.0 Å². The Balaban J connectivity index is 1.52. The Hall–Kier alpha value is -2.52. The summed E-state index contributed by atoms with van der Waals surface area (Å²) in [6, 6.07) is 0. The minimum Gasteiger partial charge on any atom is -0.462 e. The van der Waals surface area contributed by atoms with Gasteiger partial charge in [-0.25, -0.2) is 9.59 Å². The van der Waals surface area contributed by atoms with E-state index in [0.717, 1.165) is 0 Å². The normalized spacial score (nSPS) is 51.7. The van der Waals surface area contributed by atoms with Crippen LogP contribution in [0.15, 0.2) is 23.8 Å². The second-order valence-corrected chi connectivity index (χ2v) is 11.7. The number of hydrogen-bond acceptors (Lipinski definition) is 9. The van der Waals surface area contributed by atoms with Gasteiger partial charge >= 0.3 is 17.9 Å². The minimum absolute atomic E-state index is 0.00520. The predicted molar refractivity (Wildman–Crippen MR) is 117 cm³/mol. The molecular weight excluding hydrogens is 456 g/mol. The van der Waals surface area contributed by atoms with Gasteiger partial charge in [0.15, 0.2) is 11.9 Å². The molecule has 0 bridgehead atoms. The van der Waals surface area contributed by atoms with E-state index in [1.807, 2.05) is 19.9 Å². The summed E-state index contributed by atoms with van der Waals surface area (Å²) < 4.78 is 23.0. The molecule has 4 fully saturated rings. The van der Waals surface area contributed by atoms with Gasteiger partial charge in [0.05, 0.1) is 5.57 Å². The number of cyclic esters (lactones) is 2. The third-order valence-corrected chi connectivity index (χ3v) is 10.2. The number of esters is 3. The standard InChI is InChI=1S/C26H30O9/c1-12(27)32-17-10-13-9-14(28)5-7-23(13,2)16-6-8-24(3)19(15-11-18(29)33-21(15)30)34-22(31)20-26(24,35-20)25(16,17)4/h5,7,11,13,16-20,29H,6,8-10H2,1-4H3. The molecule has 0 aromatic heterocycles. The van der Waals surface area contributed by atoms with Crippen molar-refractivity contribution in [2.45, 2.75) is 83.6 Å². The Kier molecular flexibility index (Phi) is 4.47. The molecule has 2 saturated carbocycles. The van der Waals surface area contributed by atoms with E-state index in [2.05, 4.69) is 6.92 Å². The van der Waals surface area contributed by atoms with E-state index >= 15 is 0 Å². The van der Waals surface area contributed by atoms with Crippen molar-refractivity contribution in [1.29, 1.82) is 0 Å². The van der Waals surface area contributed by atoms with Gasteiger partial charge < -0.3 is 24.1 Å². The Morgan fingerprint density at radius 1 is 1.14 bits per heavy atom. The summed E-state index contributed by atoms with van der Waals surface area (Å²) in [7, 11) is 0. The molecule has 6 rings (SSSR count). The maximum Gasteiger partial charge on any atom is 0.340 e. The summed E-state index contributed by atoms with van der Waals surface area (Å²) in [5.41, 5.74) is -2.94. The van der Waals surface area contributed by atoms with Crippen molar-refractivity contribution in [2.75, 3.05) is 0 Å². The summed E-state index contributed by atoms with van der Waals surface area (Å²) in [5.74, 6) is -1.73. The summed E-state index contributed by atoms with van der Waals surface area (Å²) in [6.45, 7) is 7.49. The van der Waals surface area contributed by atoms with Gasteiger partial charge in [0.2, 0.25) is 6.29 Å². The number of allylic oxidation sites excluding steroid dienone is 2. The average molecular weight is 487 g/mol. The molecule has 0 amide bonds. The van der Waals surface area contributed by atoms with Crippen LogP contribution in [0.2, 0.25) is 0 Å². The first-order valence-corrected chi connectivity index (χ1v) is 12.3. The lowest BCUT2D eigenvalue weighted by molar-refractivity contribution is -0.240. The number of carbonyl (C=O) groups excluding carboxylic acids is 4. The van der Waals surface area contributed by atoms with Crippen LogP contribution in [0.25, 0.3) is 0 Å². The monoisotopic (exact) mass is 486 g/mol. The van der Waals surface area contributed by atoms with Crippen LogP contribution in [0.3, 0.4) is 0 Å². The SMILES string of the molecule is CC(=O)OC1CC2CC(=O)C=CC2(C)C2CCC3(C)C(C4=CC(O)OC4=O)OC(=O)C4OC43C12C. The number of fused-ring (bicyclic) bond motifs is 3. The van der Waals surface area contributed by atoms with Gasteiger partial charge in [0.1, 0.15) is 17.8 Å². The summed E-state index contributed by atoms with van der Waals surface area (Å²) in [5, 5.41) is 9.90. The summed E-state index contributed by atoms with van der Waals surface area (Å²) in [6.07, 6.45) is 3.23. The number of aliphatic hydroxyl groups excluding tert-OH is 1. The highest BCUT2D eigenvalue weighted by molar-refractivity contribution is 5.94. The number of hydrogen-bond donors (Lipinski definition) is 1. The van der Waals surface area contributed by atoms with Crippen LogP contribution >= 0.6 is 0 Å². The molecule has 6 aliphatic rings. The first-order chi connectivity index (χ1) is 16.4. The van der Waals surface area contributed by atoms with Crippen LogP contribution in [0.4, 0.5) is 0 Å². The van der Waals surface area contributed by atoms with E-state index in [9.17, 15) is 24.3 Å². The minimum atomic E-state index is -1.39. The number of aliphatic hydroxyl groups is 1. The molecule has 3 aliphatic carbocycles. The smallest absolute Gasteiger partial charge is 0.340 e. The molecule has 1 spiro atoms. The van der Waals surface area contributed by atoms with Crippen LogP contribution in [0.1, 0.15) is 53.4 Å².